The van der Waals surface area contributed by atoms with Gasteiger partial charge in [0.25, 0.3) is 0 Å². The fraction of sp³-hybridized carbons (Fsp3) is 0.529. The van der Waals surface area contributed by atoms with Gasteiger partial charge >= 0.3 is 0 Å². The van der Waals surface area contributed by atoms with E-state index in [0.717, 1.165) is 13.1 Å². The monoisotopic (exact) mass is 256 g/mol. The van der Waals surface area contributed by atoms with Gasteiger partial charge in [0.2, 0.25) is 0 Å². The van der Waals surface area contributed by atoms with Crippen LogP contribution in [0.4, 0.5) is 0 Å². The SMILES string of the molecule is CCn1c(CN2CCCCC2)cc2c(C)cccc21. The molecule has 0 amide bonds. The number of aryl methyl sites for hydroxylation is 2. The van der Waals surface area contributed by atoms with Crippen LogP contribution in [0.3, 0.4) is 0 Å². The molecule has 2 heterocycles. The van der Waals surface area contributed by atoms with E-state index < -0.39 is 0 Å². The fourth-order valence-electron chi connectivity index (χ4n) is 3.34. The third kappa shape index (κ3) is 2.42. The summed E-state index contributed by atoms with van der Waals surface area (Å²) < 4.78 is 2.48. The van der Waals surface area contributed by atoms with Gasteiger partial charge in [-0.2, -0.15) is 0 Å². The topological polar surface area (TPSA) is 8.17 Å². The second kappa shape index (κ2) is 5.38. The van der Waals surface area contributed by atoms with Crippen molar-refractivity contribution in [2.24, 2.45) is 0 Å². The van der Waals surface area contributed by atoms with Crippen molar-refractivity contribution < 1.29 is 0 Å². The molecule has 1 aromatic heterocycles. The van der Waals surface area contributed by atoms with Gasteiger partial charge in [-0.3, -0.25) is 4.90 Å². The van der Waals surface area contributed by atoms with Crippen molar-refractivity contribution in [3.8, 4) is 0 Å². The molecule has 1 saturated heterocycles. The van der Waals surface area contributed by atoms with Crippen LogP contribution in [0.5, 0.6) is 0 Å². The number of fused-ring (bicyclic) bond motifs is 1. The van der Waals surface area contributed by atoms with Crippen molar-refractivity contribution in [1.82, 2.24) is 9.47 Å². The molecule has 0 bridgehead atoms. The molecule has 19 heavy (non-hydrogen) atoms. The van der Waals surface area contributed by atoms with E-state index in [1.165, 1.54) is 54.5 Å². The molecule has 0 radical (unpaired) electrons. The van der Waals surface area contributed by atoms with E-state index in [0.29, 0.717) is 0 Å². The summed E-state index contributed by atoms with van der Waals surface area (Å²) in [5.41, 5.74) is 4.27. The van der Waals surface area contributed by atoms with Gasteiger partial charge < -0.3 is 4.57 Å². The highest BCUT2D eigenvalue weighted by molar-refractivity contribution is 5.84. The highest BCUT2D eigenvalue weighted by Crippen LogP contribution is 2.24. The van der Waals surface area contributed by atoms with Crippen LogP contribution in [0, 0.1) is 6.92 Å². The molecule has 0 saturated carbocycles. The Balaban J connectivity index is 1.95. The van der Waals surface area contributed by atoms with Gasteiger partial charge in [0.15, 0.2) is 0 Å². The van der Waals surface area contributed by atoms with Crippen molar-refractivity contribution in [2.45, 2.75) is 46.2 Å². The number of hydrogen-bond acceptors (Lipinski definition) is 1. The highest BCUT2D eigenvalue weighted by Gasteiger charge is 2.14. The van der Waals surface area contributed by atoms with Crippen LogP contribution >= 0.6 is 0 Å². The largest absolute Gasteiger partial charge is 0.344 e. The van der Waals surface area contributed by atoms with Gasteiger partial charge in [0, 0.05) is 29.7 Å². The van der Waals surface area contributed by atoms with Gasteiger partial charge in [-0.15, -0.1) is 0 Å². The Morgan fingerprint density at radius 2 is 1.89 bits per heavy atom. The van der Waals surface area contributed by atoms with Crippen LogP contribution in [0.1, 0.15) is 37.4 Å². The lowest BCUT2D eigenvalue weighted by Gasteiger charge is -2.26. The van der Waals surface area contributed by atoms with Crippen LogP contribution in [0.2, 0.25) is 0 Å². The number of nitrogens with zero attached hydrogens (tertiary/aromatic N) is 2. The first-order chi connectivity index (χ1) is 9.29. The zero-order valence-electron chi connectivity index (χ0n) is 12.2. The minimum absolute atomic E-state index is 1.07. The number of piperidine rings is 1. The first-order valence-electron chi connectivity index (χ1n) is 7.59. The third-order valence-electron chi connectivity index (χ3n) is 4.40. The molecule has 1 aliphatic rings. The predicted octanol–water partition coefficient (Wildman–Crippen LogP) is 3.96. The number of likely N-dealkylation sites (tertiary alicyclic amines) is 1. The predicted molar refractivity (Wildman–Crippen MR) is 81.5 cm³/mol. The van der Waals surface area contributed by atoms with Crippen LogP contribution in [-0.2, 0) is 13.1 Å². The Bertz CT molecular complexity index is 562. The molecule has 0 unspecified atom stereocenters. The van der Waals surface area contributed by atoms with Gasteiger partial charge in [0.1, 0.15) is 0 Å². The maximum Gasteiger partial charge on any atom is 0.0485 e. The van der Waals surface area contributed by atoms with Gasteiger partial charge in [-0.05, 0) is 57.5 Å². The van der Waals surface area contributed by atoms with E-state index in [2.05, 4.69) is 47.6 Å². The second-order valence-corrected chi connectivity index (χ2v) is 5.72. The zero-order chi connectivity index (χ0) is 13.2. The summed E-state index contributed by atoms with van der Waals surface area (Å²) in [6.07, 6.45) is 4.14. The first kappa shape index (κ1) is 12.7. The Labute approximate surface area is 116 Å². The number of benzene rings is 1. The molecule has 0 spiro atoms. The smallest absolute Gasteiger partial charge is 0.0485 e. The van der Waals surface area contributed by atoms with Crippen molar-refractivity contribution in [1.29, 1.82) is 0 Å². The van der Waals surface area contributed by atoms with E-state index in [-0.39, 0.29) is 0 Å². The molecule has 0 N–H and O–H groups in total. The summed E-state index contributed by atoms with van der Waals surface area (Å²) >= 11 is 0. The lowest BCUT2D eigenvalue weighted by molar-refractivity contribution is 0.216. The van der Waals surface area contributed by atoms with E-state index in [9.17, 15) is 0 Å². The van der Waals surface area contributed by atoms with E-state index >= 15 is 0 Å². The molecule has 0 atom stereocenters. The van der Waals surface area contributed by atoms with Crippen LogP contribution < -0.4 is 0 Å². The van der Waals surface area contributed by atoms with Gasteiger partial charge in [-0.1, -0.05) is 18.6 Å². The fourth-order valence-corrected chi connectivity index (χ4v) is 3.34. The molecule has 2 heteroatoms. The van der Waals surface area contributed by atoms with Gasteiger partial charge in [0.05, 0.1) is 0 Å². The molecule has 1 fully saturated rings. The molecule has 3 rings (SSSR count). The van der Waals surface area contributed by atoms with Crippen LogP contribution in [0.15, 0.2) is 24.3 Å². The second-order valence-electron chi connectivity index (χ2n) is 5.72. The quantitative estimate of drug-likeness (QED) is 0.807. The minimum Gasteiger partial charge on any atom is -0.344 e. The molecule has 0 aliphatic carbocycles. The zero-order valence-corrected chi connectivity index (χ0v) is 12.2. The standard InChI is InChI=1S/C17H24N2/c1-3-19-15(13-18-10-5-4-6-11-18)12-16-14(2)8-7-9-17(16)19/h7-9,12H,3-6,10-11,13H2,1-2H3. The molecule has 1 aromatic carbocycles. The average Bonchev–Trinajstić information content (AvgIpc) is 2.79. The number of aromatic nitrogens is 1. The summed E-state index contributed by atoms with van der Waals surface area (Å²) in [6, 6.07) is 9.05. The van der Waals surface area contributed by atoms with E-state index in [1.54, 1.807) is 0 Å². The van der Waals surface area contributed by atoms with E-state index in [1.807, 2.05) is 0 Å². The van der Waals surface area contributed by atoms with Gasteiger partial charge in [-0.25, -0.2) is 0 Å². The summed E-state index contributed by atoms with van der Waals surface area (Å²) in [5, 5.41) is 1.43. The molecule has 102 valence electrons. The first-order valence-corrected chi connectivity index (χ1v) is 7.59. The summed E-state index contributed by atoms with van der Waals surface area (Å²) in [5.74, 6) is 0. The van der Waals surface area contributed by atoms with Crippen LogP contribution in [-0.4, -0.2) is 22.6 Å². The number of hydrogen-bond donors (Lipinski definition) is 0. The minimum atomic E-state index is 1.07. The normalized spacial score (nSPS) is 17.2. The Morgan fingerprint density at radius 3 is 2.63 bits per heavy atom. The average molecular weight is 256 g/mol. The Morgan fingerprint density at radius 1 is 1.11 bits per heavy atom. The van der Waals surface area contributed by atoms with Crippen molar-refractivity contribution in [3.63, 3.8) is 0 Å². The maximum absolute atomic E-state index is 2.61. The lowest BCUT2D eigenvalue weighted by atomic mass is 10.1. The Kier molecular flexibility index (Phi) is 3.61. The summed E-state index contributed by atoms with van der Waals surface area (Å²) in [7, 11) is 0. The van der Waals surface area contributed by atoms with E-state index in [4.69, 9.17) is 0 Å². The number of rotatable bonds is 3. The molecule has 2 nitrogen and oxygen atoms in total. The Hall–Kier alpha value is -1.28. The van der Waals surface area contributed by atoms with Crippen molar-refractivity contribution >= 4 is 10.9 Å². The van der Waals surface area contributed by atoms with Crippen molar-refractivity contribution in [3.05, 3.63) is 35.5 Å². The third-order valence-corrected chi connectivity index (χ3v) is 4.40. The van der Waals surface area contributed by atoms with Crippen molar-refractivity contribution in [2.75, 3.05) is 13.1 Å². The summed E-state index contributed by atoms with van der Waals surface area (Å²) in [6.45, 7) is 9.18. The molecular formula is C17H24N2. The highest BCUT2D eigenvalue weighted by atomic mass is 15.1. The lowest BCUT2D eigenvalue weighted by Crippen LogP contribution is -2.29. The van der Waals surface area contributed by atoms with Crippen LogP contribution in [0.25, 0.3) is 10.9 Å². The maximum atomic E-state index is 2.61. The molecule has 2 aromatic rings. The molecular weight excluding hydrogens is 232 g/mol. The molecule has 1 aliphatic heterocycles. The summed E-state index contributed by atoms with van der Waals surface area (Å²) in [4.78, 5) is 2.61.